The molecule has 0 radical (unpaired) electrons. The van der Waals surface area contributed by atoms with Crippen molar-refractivity contribution >= 4 is 11.7 Å². The van der Waals surface area contributed by atoms with Gasteiger partial charge in [-0.2, -0.15) is 0 Å². The highest BCUT2D eigenvalue weighted by molar-refractivity contribution is 5.76. The van der Waals surface area contributed by atoms with Gasteiger partial charge in [0.15, 0.2) is 5.82 Å². The zero-order valence-corrected chi connectivity index (χ0v) is 18.6. The number of carbonyl (C=O) groups is 1. The van der Waals surface area contributed by atoms with Gasteiger partial charge in [-0.05, 0) is 49.1 Å². The number of aryl methyl sites for hydroxylation is 1. The van der Waals surface area contributed by atoms with Crippen LogP contribution in [0.15, 0.2) is 54.9 Å². The van der Waals surface area contributed by atoms with E-state index in [0.29, 0.717) is 18.2 Å². The number of aromatic nitrogens is 3. The van der Waals surface area contributed by atoms with Crippen molar-refractivity contribution in [2.75, 3.05) is 32.6 Å². The number of methoxy groups -OCH3 is 1. The lowest BCUT2D eigenvalue weighted by Crippen LogP contribution is -2.38. The Morgan fingerprint density at radius 3 is 2.59 bits per heavy atom. The molecule has 3 heterocycles. The maximum absolute atomic E-state index is 12.7. The minimum Gasteiger partial charge on any atom is -0.497 e. The Hall–Kier alpha value is -3.48. The largest absolute Gasteiger partial charge is 0.497 e. The van der Waals surface area contributed by atoms with Gasteiger partial charge in [0.1, 0.15) is 11.6 Å². The summed E-state index contributed by atoms with van der Waals surface area (Å²) >= 11 is 0. The van der Waals surface area contributed by atoms with Crippen LogP contribution in [0, 0.1) is 0 Å². The maximum atomic E-state index is 12.7. The average molecular weight is 432 g/mol. The summed E-state index contributed by atoms with van der Waals surface area (Å²) in [6, 6.07) is 13.8. The topological polar surface area (TPSA) is 80.2 Å². The number of hydrogen-bond donors (Lipinski definition) is 1. The maximum Gasteiger partial charge on any atom is 0.222 e. The molecule has 7 nitrogen and oxygen atoms in total. The molecule has 0 unspecified atom stereocenters. The van der Waals surface area contributed by atoms with Crippen LogP contribution >= 0.6 is 0 Å². The first kappa shape index (κ1) is 21.7. The molecule has 0 aliphatic carbocycles. The zero-order valence-electron chi connectivity index (χ0n) is 18.6. The van der Waals surface area contributed by atoms with E-state index < -0.39 is 0 Å². The molecule has 32 heavy (non-hydrogen) atoms. The fraction of sp³-hybridized carbons (Fsp3) is 0.360. The lowest BCUT2D eigenvalue weighted by atomic mass is 9.92. The van der Waals surface area contributed by atoms with Crippen LogP contribution in [0.3, 0.4) is 0 Å². The number of nitrogens with zero attached hydrogens (tertiary/aromatic N) is 4. The molecule has 1 saturated heterocycles. The van der Waals surface area contributed by atoms with Gasteiger partial charge in [-0.3, -0.25) is 9.78 Å². The summed E-state index contributed by atoms with van der Waals surface area (Å²) in [5, 5.41) is 3.14. The minimum atomic E-state index is 0.217. The molecule has 0 atom stereocenters. The van der Waals surface area contributed by atoms with E-state index in [1.54, 1.807) is 19.5 Å². The molecule has 2 aromatic heterocycles. The van der Waals surface area contributed by atoms with Crippen molar-refractivity contribution in [2.45, 2.75) is 31.6 Å². The summed E-state index contributed by atoms with van der Waals surface area (Å²) in [6.07, 6.45) is 6.60. The number of benzene rings is 1. The number of ether oxygens (including phenoxy) is 1. The molecule has 166 valence electrons. The number of piperidine rings is 1. The molecule has 1 aliphatic rings. The third-order valence-electron chi connectivity index (χ3n) is 5.97. The number of rotatable bonds is 7. The number of amides is 1. The summed E-state index contributed by atoms with van der Waals surface area (Å²) in [5.41, 5.74) is 3.07. The lowest BCUT2D eigenvalue weighted by Gasteiger charge is -2.32. The number of pyridine rings is 1. The number of carbonyl (C=O) groups excluding carboxylic acids is 1. The van der Waals surface area contributed by atoms with Crippen LogP contribution in [0.25, 0.3) is 11.4 Å². The fourth-order valence-electron chi connectivity index (χ4n) is 4.05. The van der Waals surface area contributed by atoms with Crippen LogP contribution in [0.4, 0.5) is 5.82 Å². The van der Waals surface area contributed by atoms with Gasteiger partial charge in [-0.1, -0.05) is 12.1 Å². The van der Waals surface area contributed by atoms with Crippen molar-refractivity contribution in [1.82, 2.24) is 19.9 Å². The summed E-state index contributed by atoms with van der Waals surface area (Å²) in [5.74, 6) is 2.84. The van der Waals surface area contributed by atoms with Crippen molar-refractivity contribution in [1.29, 1.82) is 0 Å². The van der Waals surface area contributed by atoms with Crippen LogP contribution in [0.2, 0.25) is 0 Å². The summed E-state index contributed by atoms with van der Waals surface area (Å²) < 4.78 is 5.19. The van der Waals surface area contributed by atoms with E-state index in [9.17, 15) is 4.79 Å². The average Bonchev–Trinajstić information content (AvgIpc) is 2.88. The van der Waals surface area contributed by atoms with Crippen molar-refractivity contribution in [3.05, 3.63) is 66.1 Å². The Balaban J connectivity index is 1.36. The normalized spacial score (nSPS) is 14.2. The predicted molar refractivity (Wildman–Crippen MR) is 125 cm³/mol. The number of anilines is 1. The lowest BCUT2D eigenvalue weighted by molar-refractivity contribution is -0.132. The van der Waals surface area contributed by atoms with Gasteiger partial charge in [-0.15, -0.1) is 0 Å². The second-order valence-electron chi connectivity index (χ2n) is 8.00. The minimum absolute atomic E-state index is 0.217. The Morgan fingerprint density at radius 2 is 1.94 bits per heavy atom. The van der Waals surface area contributed by atoms with Crippen molar-refractivity contribution in [3.63, 3.8) is 0 Å². The van der Waals surface area contributed by atoms with Crippen LogP contribution < -0.4 is 10.1 Å². The molecule has 7 heteroatoms. The molecular formula is C25H29N5O2. The van der Waals surface area contributed by atoms with Crippen LogP contribution in [-0.4, -0.2) is 53.0 Å². The van der Waals surface area contributed by atoms with E-state index in [2.05, 4.69) is 15.3 Å². The van der Waals surface area contributed by atoms with Gasteiger partial charge in [0.25, 0.3) is 0 Å². The molecule has 0 spiro atoms. The van der Waals surface area contributed by atoms with Crippen molar-refractivity contribution in [2.24, 2.45) is 0 Å². The quantitative estimate of drug-likeness (QED) is 0.611. The molecule has 1 N–H and O–H groups in total. The fourth-order valence-corrected chi connectivity index (χ4v) is 4.05. The Morgan fingerprint density at radius 1 is 1.16 bits per heavy atom. The van der Waals surface area contributed by atoms with Gasteiger partial charge in [0.2, 0.25) is 5.91 Å². The molecule has 0 bridgehead atoms. The standard InChI is InChI=1S/C25H29N5O2/c1-26-23-16-22(28-25(29-23)20-4-3-13-27-17-20)19-11-14-30(15-12-19)24(31)10-7-18-5-8-21(32-2)9-6-18/h3-6,8-9,13,16-17,19H,7,10-12,14-15H2,1-2H3,(H,26,28,29). The van der Waals surface area contributed by atoms with E-state index in [1.165, 1.54) is 0 Å². The molecule has 1 aromatic carbocycles. The Bertz CT molecular complexity index is 1030. The number of nitrogens with one attached hydrogen (secondary N) is 1. The SMILES string of the molecule is CNc1cc(C2CCN(C(=O)CCc3ccc(OC)cc3)CC2)nc(-c2cccnc2)n1. The van der Waals surface area contributed by atoms with E-state index in [1.807, 2.05) is 54.4 Å². The highest BCUT2D eigenvalue weighted by atomic mass is 16.5. The molecular weight excluding hydrogens is 402 g/mol. The van der Waals surface area contributed by atoms with Gasteiger partial charge in [-0.25, -0.2) is 9.97 Å². The second kappa shape index (κ2) is 10.2. The predicted octanol–water partition coefficient (Wildman–Crippen LogP) is 3.93. The van der Waals surface area contributed by atoms with Gasteiger partial charge in [0.05, 0.1) is 7.11 Å². The van der Waals surface area contributed by atoms with Crippen LogP contribution in [0.1, 0.15) is 36.4 Å². The molecule has 3 aromatic rings. The van der Waals surface area contributed by atoms with E-state index in [4.69, 9.17) is 9.72 Å². The highest BCUT2D eigenvalue weighted by Gasteiger charge is 2.25. The Kier molecular flexibility index (Phi) is 6.94. The Labute approximate surface area is 188 Å². The zero-order chi connectivity index (χ0) is 22.3. The molecule has 0 saturated carbocycles. The van der Waals surface area contributed by atoms with Gasteiger partial charge >= 0.3 is 0 Å². The number of likely N-dealkylation sites (tertiary alicyclic amines) is 1. The second-order valence-corrected chi connectivity index (χ2v) is 8.00. The van der Waals surface area contributed by atoms with Gasteiger partial charge < -0.3 is 15.0 Å². The van der Waals surface area contributed by atoms with Crippen LogP contribution in [-0.2, 0) is 11.2 Å². The summed E-state index contributed by atoms with van der Waals surface area (Å²) in [4.78, 5) is 28.3. The monoisotopic (exact) mass is 431 g/mol. The third-order valence-corrected chi connectivity index (χ3v) is 5.97. The number of hydrogen-bond acceptors (Lipinski definition) is 6. The molecule has 1 aliphatic heterocycles. The van der Waals surface area contributed by atoms with E-state index >= 15 is 0 Å². The third kappa shape index (κ3) is 5.22. The van der Waals surface area contributed by atoms with Crippen LogP contribution in [0.5, 0.6) is 5.75 Å². The van der Waals surface area contributed by atoms with Gasteiger partial charge in [0, 0.05) is 62.2 Å². The molecule has 1 amide bonds. The first-order valence-electron chi connectivity index (χ1n) is 11.0. The highest BCUT2D eigenvalue weighted by Crippen LogP contribution is 2.30. The van der Waals surface area contributed by atoms with Crippen molar-refractivity contribution in [3.8, 4) is 17.1 Å². The summed E-state index contributed by atoms with van der Waals surface area (Å²) in [6.45, 7) is 1.51. The smallest absolute Gasteiger partial charge is 0.222 e. The molecule has 1 fully saturated rings. The van der Waals surface area contributed by atoms with Crippen molar-refractivity contribution < 1.29 is 9.53 Å². The molecule has 4 rings (SSSR count). The first-order valence-corrected chi connectivity index (χ1v) is 11.0. The van der Waals surface area contributed by atoms with E-state index in [-0.39, 0.29) is 5.91 Å². The van der Waals surface area contributed by atoms with E-state index in [0.717, 1.165) is 60.7 Å². The first-order chi connectivity index (χ1) is 15.7. The summed E-state index contributed by atoms with van der Waals surface area (Å²) in [7, 11) is 3.52.